The number of para-hydroxylation sites is 3. The molecule has 0 aliphatic heterocycles. The molecule has 0 atom stereocenters. The summed E-state index contributed by atoms with van der Waals surface area (Å²) < 4.78 is 15.3. The first-order valence-corrected chi connectivity index (χ1v) is 12.5. The van der Waals surface area contributed by atoms with E-state index in [-0.39, 0.29) is 19.8 Å². The normalized spacial score (nSPS) is 8.75. The molecule has 0 aromatic heterocycles. The Labute approximate surface area is 218 Å². The lowest BCUT2D eigenvalue weighted by Crippen LogP contribution is -2.00. The molecule has 0 aliphatic rings. The van der Waals surface area contributed by atoms with Gasteiger partial charge in [0.15, 0.2) is 0 Å². The van der Waals surface area contributed by atoms with Gasteiger partial charge in [-0.05, 0) is 36.4 Å². The SMILES string of the molecule is CCC.CCC.OCCOc1ccccc1.OCCOc1ccccc1.OCCOc1ccccc1. The Morgan fingerprint density at radius 3 is 0.778 bits per heavy atom. The Morgan fingerprint density at radius 1 is 0.417 bits per heavy atom. The zero-order chi connectivity index (χ0) is 27.1. The maximum atomic E-state index is 8.40. The minimum absolute atomic E-state index is 0.0644. The van der Waals surface area contributed by atoms with Crippen LogP contribution in [-0.2, 0) is 0 Å². The van der Waals surface area contributed by atoms with E-state index in [4.69, 9.17) is 29.5 Å². The smallest absolute Gasteiger partial charge is 0.119 e. The molecule has 0 bridgehead atoms. The van der Waals surface area contributed by atoms with E-state index in [9.17, 15) is 0 Å². The van der Waals surface area contributed by atoms with E-state index in [0.29, 0.717) is 19.8 Å². The number of ether oxygens (including phenoxy) is 3. The van der Waals surface area contributed by atoms with Crippen molar-refractivity contribution in [2.75, 3.05) is 39.6 Å². The molecule has 0 saturated carbocycles. The summed E-state index contributed by atoms with van der Waals surface area (Å²) in [6, 6.07) is 28.3. The van der Waals surface area contributed by atoms with E-state index < -0.39 is 0 Å². The summed E-state index contributed by atoms with van der Waals surface area (Å²) in [4.78, 5) is 0. The minimum atomic E-state index is 0.0644. The van der Waals surface area contributed by atoms with Crippen LogP contribution in [0.1, 0.15) is 40.5 Å². The average Bonchev–Trinajstić information content (AvgIpc) is 2.93. The van der Waals surface area contributed by atoms with Crippen molar-refractivity contribution in [3.05, 3.63) is 91.0 Å². The van der Waals surface area contributed by atoms with Crippen molar-refractivity contribution in [3.8, 4) is 17.2 Å². The fraction of sp³-hybridized carbons (Fsp3) is 0.400. The van der Waals surface area contributed by atoms with Crippen LogP contribution in [-0.4, -0.2) is 55.0 Å². The molecule has 3 aromatic carbocycles. The topological polar surface area (TPSA) is 88.4 Å². The summed E-state index contributed by atoms with van der Waals surface area (Å²) in [6.07, 6.45) is 2.50. The van der Waals surface area contributed by atoms with Crippen LogP contribution in [0.15, 0.2) is 91.0 Å². The largest absolute Gasteiger partial charge is 0.491 e. The molecule has 0 aliphatic carbocycles. The predicted molar refractivity (Wildman–Crippen MR) is 149 cm³/mol. The van der Waals surface area contributed by atoms with Crippen molar-refractivity contribution in [2.24, 2.45) is 0 Å². The molecule has 3 aromatic rings. The molecular formula is C30H46O6. The predicted octanol–water partition coefficient (Wildman–Crippen LogP) is 6.01. The molecule has 36 heavy (non-hydrogen) atoms. The number of aliphatic hydroxyl groups is 3. The molecule has 3 N–H and O–H groups in total. The maximum Gasteiger partial charge on any atom is 0.119 e. The van der Waals surface area contributed by atoms with Crippen molar-refractivity contribution in [3.63, 3.8) is 0 Å². The number of hydrogen-bond acceptors (Lipinski definition) is 6. The first-order chi connectivity index (χ1) is 17.6. The fourth-order valence-corrected chi connectivity index (χ4v) is 2.04. The lowest BCUT2D eigenvalue weighted by molar-refractivity contribution is 0.201. The third-order valence-electron chi connectivity index (χ3n) is 3.31. The summed E-state index contributed by atoms with van der Waals surface area (Å²) in [6.45, 7) is 9.79. The van der Waals surface area contributed by atoms with E-state index in [0.717, 1.165) is 17.2 Å². The molecule has 6 heteroatoms. The van der Waals surface area contributed by atoms with Crippen molar-refractivity contribution in [1.29, 1.82) is 0 Å². The van der Waals surface area contributed by atoms with E-state index in [2.05, 4.69) is 27.7 Å². The van der Waals surface area contributed by atoms with Crippen LogP contribution in [0, 0.1) is 0 Å². The summed E-state index contributed by atoms with van der Waals surface area (Å²) in [5, 5.41) is 25.2. The van der Waals surface area contributed by atoms with E-state index in [1.807, 2.05) is 91.0 Å². The van der Waals surface area contributed by atoms with Crippen LogP contribution < -0.4 is 14.2 Å². The molecule has 6 nitrogen and oxygen atoms in total. The number of rotatable bonds is 9. The molecule has 0 amide bonds. The Bertz CT molecular complexity index is 649. The second-order valence-electron chi connectivity index (χ2n) is 7.07. The van der Waals surface area contributed by atoms with Gasteiger partial charge < -0.3 is 29.5 Å². The summed E-state index contributed by atoms with van der Waals surface area (Å²) in [7, 11) is 0. The van der Waals surface area contributed by atoms with Crippen molar-refractivity contribution < 1.29 is 29.5 Å². The number of hydrogen-bond donors (Lipinski definition) is 3. The van der Waals surface area contributed by atoms with Gasteiger partial charge in [0, 0.05) is 0 Å². The van der Waals surface area contributed by atoms with Crippen molar-refractivity contribution in [1.82, 2.24) is 0 Å². The maximum absolute atomic E-state index is 8.40. The second-order valence-corrected chi connectivity index (χ2v) is 7.07. The first kappa shape index (κ1) is 35.1. The lowest BCUT2D eigenvalue weighted by Gasteiger charge is -2.01. The van der Waals surface area contributed by atoms with Gasteiger partial charge in [-0.15, -0.1) is 0 Å². The summed E-state index contributed by atoms with van der Waals surface area (Å²) in [5.41, 5.74) is 0. The highest BCUT2D eigenvalue weighted by Gasteiger charge is 1.88. The Kier molecular flexibility index (Phi) is 29.2. The molecule has 202 valence electrons. The Balaban J connectivity index is 0. The first-order valence-electron chi connectivity index (χ1n) is 12.5. The molecule has 0 spiro atoms. The second kappa shape index (κ2) is 30.0. The molecule has 0 unspecified atom stereocenters. The molecule has 3 rings (SSSR count). The van der Waals surface area contributed by atoms with Gasteiger partial charge in [0.25, 0.3) is 0 Å². The highest BCUT2D eigenvalue weighted by molar-refractivity contribution is 5.22. The third-order valence-corrected chi connectivity index (χ3v) is 3.31. The van der Waals surface area contributed by atoms with Crippen LogP contribution >= 0.6 is 0 Å². The summed E-state index contributed by atoms with van der Waals surface area (Å²) in [5.74, 6) is 2.41. The quantitative estimate of drug-likeness (QED) is 0.332. The van der Waals surface area contributed by atoms with Crippen molar-refractivity contribution in [2.45, 2.75) is 40.5 Å². The highest BCUT2D eigenvalue weighted by atomic mass is 16.5. The third kappa shape index (κ3) is 25.6. The van der Waals surface area contributed by atoms with Crippen LogP contribution in [0.2, 0.25) is 0 Å². The van der Waals surface area contributed by atoms with E-state index >= 15 is 0 Å². The van der Waals surface area contributed by atoms with Crippen LogP contribution in [0.4, 0.5) is 0 Å². The molecular weight excluding hydrogens is 456 g/mol. The van der Waals surface area contributed by atoms with Crippen LogP contribution in [0.5, 0.6) is 17.2 Å². The fourth-order valence-electron chi connectivity index (χ4n) is 2.04. The molecule has 0 radical (unpaired) electrons. The van der Waals surface area contributed by atoms with Gasteiger partial charge in [-0.25, -0.2) is 0 Å². The lowest BCUT2D eigenvalue weighted by atomic mass is 10.3. The molecule has 0 saturated heterocycles. The van der Waals surface area contributed by atoms with E-state index in [1.54, 1.807) is 0 Å². The zero-order valence-corrected chi connectivity index (χ0v) is 22.4. The highest BCUT2D eigenvalue weighted by Crippen LogP contribution is 2.08. The zero-order valence-electron chi connectivity index (χ0n) is 22.4. The van der Waals surface area contributed by atoms with Crippen LogP contribution in [0.25, 0.3) is 0 Å². The van der Waals surface area contributed by atoms with Gasteiger partial charge in [-0.2, -0.15) is 0 Å². The Hall–Kier alpha value is -3.06. The molecule has 0 heterocycles. The minimum Gasteiger partial charge on any atom is -0.491 e. The van der Waals surface area contributed by atoms with Gasteiger partial charge in [-0.1, -0.05) is 95.1 Å². The standard InChI is InChI=1S/3C8H10O2.2C3H8/c3*9-6-7-10-8-4-2-1-3-5-8;2*1-3-2/h3*1-5,9H,6-7H2;2*3H2,1-2H3. The number of benzene rings is 3. The Morgan fingerprint density at radius 2 is 0.611 bits per heavy atom. The van der Waals surface area contributed by atoms with Gasteiger partial charge >= 0.3 is 0 Å². The molecule has 0 fully saturated rings. The number of aliphatic hydroxyl groups excluding tert-OH is 3. The van der Waals surface area contributed by atoms with Gasteiger partial charge in [0.2, 0.25) is 0 Å². The average molecular weight is 503 g/mol. The van der Waals surface area contributed by atoms with Gasteiger partial charge in [0.05, 0.1) is 19.8 Å². The summed E-state index contributed by atoms with van der Waals surface area (Å²) >= 11 is 0. The van der Waals surface area contributed by atoms with Gasteiger partial charge in [0.1, 0.15) is 37.1 Å². The van der Waals surface area contributed by atoms with E-state index in [1.165, 1.54) is 12.8 Å². The van der Waals surface area contributed by atoms with Gasteiger partial charge in [-0.3, -0.25) is 0 Å². The van der Waals surface area contributed by atoms with Crippen LogP contribution in [0.3, 0.4) is 0 Å². The monoisotopic (exact) mass is 502 g/mol. The van der Waals surface area contributed by atoms with Crippen molar-refractivity contribution >= 4 is 0 Å².